The first-order chi connectivity index (χ1) is 14.2. The summed E-state index contributed by atoms with van der Waals surface area (Å²) in [5.41, 5.74) is 1.61. The van der Waals surface area contributed by atoms with Crippen LogP contribution in [0.3, 0.4) is 0 Å². The van der Waals surface area contributed by atoms with Crippen LogP contribution in [0.4, 0.5) is 10.8 Å². The number of nitrogens with one attached hydrogen (secondary N) is 2. The van der Waals surface area contributed by atoms with E-state index in [4.69, 9.17) is 0 Å². The Labute approximate surface area is 183 Å². The van der Waals surface area contributed by atoms with Gasteiger partial charge in [0, 0.05) is 16.0 Å². The van der Waals surface area contributed by atoms with Gasteiger partial charge in [0.15, 0.2) is 5.13 Å². The van der Waals surface area contributed by atoms with Gasteiger partial charge < -0.3 is 10.6 Å². The van der Waals surface area contributed by atoms with E-state index in [-0.39, 0.29) is 17.6 Å². The van der Waals surface area contributed by atoms with Gasteiger partial charge in [-0.2, -0.15) is 0 Å². The lowest BCUT2D eigenvalue weighted by Gasteiger charge is -2.06. The molecule has 5 nitrogen and oxygen atoms in total. The zero-order valence-corrected chi connectivity index (χ0v) is 18.2. The molecule has 3 aromatic heterocycles. The second kappa shape index (κ2) is 9.36. The molecule has 4 aromatic rings. The monoisotopic (exact) mass is 457 g/mol. The summed E-state index contributed by atoms with van der Waals surface area (Å²) in [6.07, 6.45) is 0. The number of thiophene rings is 2. The average molecular weight is 458 g/mol. The van der Waals surface area contributed by atoms with Crippen LogP contribution < -0.4 is 10.6 Å². The van der Waals surface area contributed by atoms with E-state index in [1.807, 2.05) is 58.6 Å². The topological polar surface area (TPSA) is 71.1 Å². The van der Waals surface area contributed by atoms with Gasteiger partial charge in [0.05, 0.1) is 21.2 Å². The molecule has 9 heteroatoms. The van der Waals surface area contributed by atoms with Crippen LogP contribution in [0.1, 0.15) is 9.67 Å². The van der Waals surface area contributed by atoms with E-state index in [0.717, 1.165) is 21.2 Å². The number of hydrogen-bond donors (Lipinski definition) is 2. The van der Waals surface area contributed by atoms with Crippen molar-refractivity contribution < 1.29 is 9.59 Å². The average Bonchev–Trinajstić information content (AvgIpc) is 3.49. The lowest BCUT2D eigenvalue weighted by Crippen LogP contribution is -2.13. The van der Waals surface area contributed by atoms with Crippen LogP contribution in [0.25, 0.3) is 10.6 Å². The van der Waals surface area contributed by atoms with E-state index < -0.39 is 0 Å². The molecule has 0 saturated carbocycles. The summed E-state index contributed by atoms with van der Waals surface area (Å²) in [6, 6.07) is 15.1. The highest BCUT2D eigenvalue weighted by molar-refractivity contribution is 8.00. The summed E-state index contributed by atoms with van der Waals surface area (Å²) in [5, 5.41) is 12.1. The highest BCUT2D eigenvalue weighted by atomic mass is 32.2. The number of benzene rings is 1. The molecule has 1 aromatic carbocycles. The molecule has 0 saturated heterocycles. The summed E-state index contributed by atoms with van der Waals surface area (Å²) in [7, 11) is 0. The highest BCUT2D eigenvalue weighted by Gasteiger charge is 2.10. The van der Waals surface area contributed by atoms with Crippen molar-refractivity contribution in [2.75, 3.05) is 16.4 Å². The molecule has 29 heavy (non-hydrogen) atoms. The number of nitrogens with zero attached hydrogens (tertiary/aromatic N) is 1. The van der Waals surface area contributed by atoms with Crippen LogP contribution in [0.2, 0.25) is 0 Å². The number of amides is 2. The zero-order valence-electron chi connectivity index (χ0n) is 15.0. The molecule has 0 fully saturated rings. The van der Waals surface area contributed by atoms with Crippen molar-refractivity contribution >= 4 is 68.4 Å². The van der Waals surface area contributed by atoms with E-state index in [0.29, 0.717) is 10.0 Å². The van der Waals surface area contributed by atoms with Gasteiger partial charge in [0.1, 0.15) is 0 Å². The predicted octanol–water partition coefficient (Wildman–Crippen LogP) is 5.92. The minimum Gasteiger partial charge on any atom is -0.321 e. The number of thiazole rings is 1. The molecule has 2 amide bonds. The fourth-order valence-corrected chi connectivity index (χ4v) is 5.21. The molecule has 0 bridgehead atoms. The summed E-state index contributed by atoms with van der Waals surface area (Å²) < 4.78 is 0. The Morgan fingerprint density at radius 2 is 1.72 bits per heavy atom. The van der Waals surface area contributed by atoms with Crippen molar-refractivity contribution in [1.29, 1.82) is 0 Å². The van der Waals surface area contributed by atoms with Gasteiger partial charge in [-0.05, 0) is 47.2 Å². The van der Waals surface area contributed by atoms with Crippen LogP contribution in [0.15, 0.2) is 69.6 Å². The lowest BCUT2D eigenvalue weighted by atomic mass is 10.3. The van der Waals surface area contributed by atoms with Gasteiger partial charge in [-0.25, -0.2) is 4.98 Å². The maximum absolute atomic E-state index is 12.2. The number of aromatic nitrogens is 1. The van der Waals surface area contributed by atoms with E-state index in [2.05, 4.69) is 15.6 Å². The lowest BCUT2D eigenvalue weighted by molar-refractivity contribution is -0.113. The van der Waals surface area contributed by atoms with Crippen LogP contribution in [-0.2, 0) is 4.79 Å². The summed E-state index contributed by atoms with van der Waals surface area (Å²) in [4.78, 5) is 31.4. The minimum absolute atomic E-state index is 0.0999. The Hall–Kier alpha value is -2.46. The van der Waals surface area contributed by atoms with Gasteiger partial charge in [0.25, 0.3) is 5.91 Å². The SMILES string of the molecule is O=C(CSc1ccc(NC(=O)c2cccs2)cc1)Nc1nc(-c2cccs2)cs1. The maximum atomic E-state index is 12.2. The maximum Gasteiger partial charge on any atom is 0.265 e. The Balaban J connectivity index is 1.26. The van der Waals surface area contributed by atoms with Gasteiger partial charge in [-0.3, -0.25) is 9.59 Å². The predicted molar refractivity (Wildman–Crippen MR) is 123 cm³/mol. The molecular weight excluding hydrogens is 443 g/mol. The van der Waals surface area contributed by atoms with E-state index in [1.165, 1.54) is 34.4 Å². The van der Waals surface area contributed by atoms with Crippen molar-refractivity contribution in [2.45, 2.75) is 4.90 Å². The molecule has 3 heterocycles. The molecule has 0 aliphatic carbocycles. The Morgan fingerprint density at radius 1 is 0.931 bits per heavy atom. The van der Waals surface area contributed by atoms with Crippen molar-refractivity contribution in [1.82, 2.24) is 4.98 Å². The fraction of sp³-hybridized carbons (Fsp3) is 0.0500. The molecule has 4 rings (SSSR count). The minimum atomic E-state index is -0.120. The van der Waals surface area contributed by atoms with Crippen molar-refractivity contribution in [2.24, 2.45) is 0 Å². The first-order valence-electron chi connectivity index (χ1n) is 8.54. The molecule has 0 aliphatic rings. The standard InChI is InChI=1S/C20H15N3O2S4/c24-18(23-20-22-15(11-29-20)16-3-1-9-26-16)12-28-14-7-5-13(6-8-14)21-19(25)17-4-2-10-27-17/h1-11H,12H2,(H,21,25)(H,22,23,24). The van der Waals surface area contributed by atoms with Gasteiger partial charge >= 0.3 is 0 Å². The molecular formula is C20H15N3O2S4. The van der Waals surface area contributed by atoms with Gasteiger partial charge in [-0.15, -0.1) is 45.8 Å². The first-order valence-corrected chi connectivity index (χ1v) is 12.2. The number of thioether (sulfide) groups is 1. The Kier molecular flexibility index (Phi) is 6.40. The van der Waals surface area contributed by atoms with E-state index in [9.17, 15) is 9.59 Å². The Morgan fingerprint density at radius 3 is 2.45 bits per heavy atom. The number of carbonyl (C=O) groups excluding carboxylic acids is 2. The van der Waals surface area contributed by atoms with Gasteiger partial charge in [-0.1, -0.05) is 12.1 Å². The molecule has 0 unspecified atom stereocenters. The van der Waals surface area contributed by atoms with Crippen LogP contribution >= 0.6 is 45.8 Å². The van der Waals surface area contributed by atoms with Gasteiger partial charge in [0.2, 0.25) is 5.91 Å². The zero-order chi connectivity index (χ0) is 20.1. The molecule has 0 spiro atoms. The molecule has 0 radical (unpaired) electrons. The summed E-state index contributed by atoms with van der Waals surface area (Å²) in [5.74, 6) is 0.0664. The van der Waals surface area contributed by atoms with Crippen molar-refractivity contribution in [3.8, 4) is 10.6 Å². The summed E-state index contributed by atoms with van der Waals surface area (Å²) >= 11 is 5.88. The number of carbonyl (C=O) groups is 2. The number of hydrogen-bond acceptors (Lipinski definition) is 7. The highest BCUT2D eigenvalue weighted by Crippen LogP contribution is 2.28. The number of rotatable bonds is 7. The van der Waals surface area contributed by atoms with Crippen LogP contribution in [-0.4, -0.2) is 22.6 Å². The molecule has 2 N–H and O–H groups in total. The molecule has 0 aliphatic heterocycles. The Bertz CT molecular complexity index is 1090. The second-order valence-corrected chi connectivity index (χ2v) is 9.61. The van der Waals surface area contributed by atoms with Crippen LogP contribution in [0.5, 0.6) is 0 Å². The van der Waals surface area contributed by atoms with Crippen molar-refractivity contribution in [3.05, 3.63) is 69.5 Å². The van der Waals surface area contributed by atoms with Crippen molar-refractivity contribution in [3.63, 3.8) is 0 Å². The third-order valence-corrected chi connectivity index (χ3v) is 7.28. The molecule has 146 valence electrons. The quantitative estimate of drug-likeness (QED) is 0.338. The normalized spacial score (nSPS) is 10.6. The second-order valence-electron chi connectivity index (χ2n) is 5.81. The largest absolute Gasteiger partial charge is 0.321 e. The first kappa shape index (κ1) is 19.8. The van der Waals surface area contributed by atoms with E-state index in [1.54, 1.807) is 17.4 Å². The summed E-state index contributed by atoms with van der Waals surface area (Å²) in [6.45, 7) is 0. The smallest absolute Gasteiger partial charge is 0.265 e. The molecule has 0 atom stereocenters. The third kappa shape index (κ3) is 5.33. The third-order valence-electron chi connectivity index (χ3n) is 3.75. The van der Waals surface area contributed by atoms with Crippen LogP contribution in [0, 0.1) is 0 Å². The van der Waals surface area contributed by atoms with E-state index >= 15 is 0 Å². The fourth-order valence-electron chi connectivity index (χ4n) is 2.41. The number of anilines is 2.